The average molecular weight is 312 g/mol. The summed E-state index contributed by atoms with van der Waals surface area (Å²) in [6.07, 6.45) is 1.16. The minimum atomic E-state index is -0.921. The van der Waals surface area contributed by atoms with Crippen molar-refractivity contribution in [2.24, 2.45) is 5.92 Å². The highest BCUT2D eigenvalue weighted by molar-refractivity contribution is 5.77. The second-order valence-electron chi connectivity index (χ2n) is 5.46. The summed E-state index contributed by atoms with van der Waals surface area (Å²) in [5.41, 5.74) is 0.182. The van der Waals surface area contributed by atoms with Crippen molar-refractivity contribution in [2.45, 2.75) is 25.8 Å². The van der Waals surface area contributed by atoms with Gasteiger partial charge in [-0.05, 0) is 25.8 Å². The molecule has 2 amide bonds. The first kappa shape index (κ1) is 16.2. The van der Waals surface area contributed by atoms with Crippen LogP contribution >= 0.6 is 0 Å². The van der Waals surface area contributed by atoms with Crippen molar-refractivity contribution in [3.05, 3.63) is 35.4 Å². The Bertz CT molecular complexity index is 580. The molecule has 0 aromatic heterocycles. The average Bonchev–Trinajstić information content (AvgIpc) is 2.47. The highest BCUT2D eigenvalue weighted by Crippen LogP contribution is 2.20. The zero-order valence-corrected chi connectivity index (χ0v) is 12.2. The molecule has 1 fully saturated rings. The maximum absolute atomic E-state index is 13.7. The van der Waals surface area contributed by atoms with Crippen LogP contribution in [0.2, 0.25) is 0 Å². The zero-order chi connectivity index (χ0) is 16.3. The summed E-state index contributed by atoms with van der Waals surface area (Å²) < 4.78 is 26.6. The largest absolute Gasteiger partial charge is 0.481 e. The number of aliphatic carboxylic acids is 1. The number of hydrogen-bond donors (Lipinski definition) is 2. The molecule has 1 unspecified atom stereocenters. The standard InChI is InChI=1S/C15H18F2N2O3/c1-9(12-5-4-11(16)7-13(12)17)18-15(22)19-6-2-3-10(8-19)14(20)21/h4-5,7,9-10H,2-3,6,8H2,1H3,(H,18,22)(H,20,21)/t9-,10?/m1/s1. The Balaban J connectivity index is 2.00. The molecule has 2 N–H and O–H groups in total. The molecule has 1 heterocycles. The van der Waals surface area contributed by atoms with Crippen molar-refractivity contribution in [3.8, 4) is 0 Å². The fourth-order valence-corrected chi connectivity index (χ4v) is 2.57. The summed E-state index contributed by atoms with van der Waals surface area (Å²) >= 11 is 0. The summed E-state index contributed by atoms with van der Waals surface area (Å²) in [5, 5.41) is 11.6. The molecule has 120 valence electrons. The number of likely N-dealkylation sites (tertiary alicyclic amines) is 1. The molecule has 1 aliphatic rings. The molecule has 7 heteroatoms. The van der Waals surface area contributed by atoms with Crippen LogP contribution in [0.25, 0.3) is 0 Å². The fourth-order valence-electron chi connectivity index (χ4n) is 2.57. The Labute approximate surface area is 126 Å². The quantitative estimate of drug-likeness (QED) is 0.901. The first-order chi connectivity index (χ1) is 10.4. The number of hydrogen-bond acceptors (Lipinski definition) is 2. The molecule has 2 atom stereocenters. The fraction of sp³-hybridized carbons (Fsp3) is 0.467. The number of piperidine rings is 1. The molecule has 0 radical (unpaired) electrons. The predicted molar refractivity (Wildman–Crippen MR) is 75.2 cm³/mol. The molecule has 0 spiro atoms. The Morgan fingerprint density at radius 3 is 2.77 bits per heavy atom. The summed E-state index contributed by atoms with van der Waals surface area (Å²) in [7, 11) is 0. The van der Waals surface area contributed by atoms with Gasteiger partial charge in [0.15, 0.2) is 0 Å². The van der Waals surface area contributed by atoms with Gasteiger partial charge in [-0.2, -0.15) is 0 Å². The topological polar surface area (TPSA) is 69.6 Å². The lowest BCUT2D eigenvalue weighted by atomic mass is 9.98. The van der Waals surface area contributed by atoms with Crippen molar-refractivity contribution < 1.29 is 23.5 Å². The SMILES string of the molecule is C[C@@H](NC(=O)N1CCCC(C(=O)O)C1)c1ccc(F)cc1F. The monoisotopic (exact) mass is 312 g/mol. The van der Waals surface area contributed by atoms with Crippen LogP contribution < -0.4 is 5.32 Å². The Hall–Kier alpha value is -2.18. The molecule has 2 rings (SSSR count). The lowest BCUT2D eigenvalue weighted by Crippen LogP contribution is -2.47. The number of carbonyl (C=O) groups excluding carboxylic acids is 1. The van der Waals surface area contributed by atoms with Crippen molar-refractivity contribution >= 4 is 12.0 Å². The Morgan fingerprint density at radius 1 is 1.41 bits per heavy atom. The molecule has 5 nitrogen and oxygen atoms in total. The first-order valence-electron chi connectivity index (χ1n) is 7.11. The van der Waals surface area contributed by atoms with Gasteiger partial charge in [-0.3, -0.25) is 4.79 Å². The maximum Gasteiger partial charge on any atom is 0.317 e. The molecule has 0 saturated carbocycles. The van der Waals surface area contributed by atoms with E-state index in [1.165, 1.54) is 11.0 Å². The predicted octanol–water partition coefficient (Wildman–Crippen LogP) is 2.53. The van der Waals surface area contributed by atoms with E-state index in [2.05, 4.69) is 5.32 Å². The van der Waals surface area contributed by atoms with Crippen molar-refractivity contribution in [1.82, 2.24) is 10.2 Å². The first-order valence-corrected chi connectivity index (χ1v) is 7.11. The summed E-state index contributed by atoms with van der Waals surface area (Å²) in [6.45, 7) is 2.20. The third-order valence-electron chi connectivity index (χ3n) is 3.83. The number of nitrogens with zero attached hydrogens (tertiary/aromatic N) is 1. The van der Waals surface area contributed by atoms with Gasteiger partial charge in [0.05, 0.1) is 12.0 Å². The molecule has 22 heavy (non-hydrogen) atoms. The minimum absolute atomic E-state index is 0.139. The van der Waals surface area contributed by atoms with Crippen LogP contribution in [0.15, 0.2) is 18.2 Å². The van der Waals surface area contributed by atoms with Crippen molar-refractivity contribution in [1.29, 1.82) is 0 Å². The molecule has 0 aliphatic carbocycles. The second kappa shape index (κ2) is 6.72. The lowest BCUT2D eigenvalue weighted by molar-refractivity contribution is -0.143. The van der Waals surface area contributed by atoms with Gasteiger partial charge < -0.3 is 15.3 Å². The number of carboxylic acids is 1. The van der Waals surface area contributed by atoms with E-state index >= 15 is 0 Å². The lowest BCUT2D eigenvalue weighted by Gasteiger charge is -2.31. The number of urea groups is 1. The summed E-state index contributed by atoms with van der Waals surface area (Å²) in [5.74, 6) is -2.90. The third-order valence-corrected chi connectivity index (χ3v) is 3.83. The number of rotatable bonds is 3. The third kappa shape index (κ3) is 3.72. The number of benzene rings is 1. The Kier molecular flexibility index (Phi) is 4.95. The number of carboxylic acid groups (broad SMARTS) is 1. The van der Waals surface area contributed by atoms with Crippen LogP contribution in [0.3, 0.4) is 0 Å². The van der Waals surface area contributed by atoms with Crippen LogP contribution in [-0.2, 0) is 4.79 Å². The number of carbonyl (C=O) groups is 2. The van der Waals surface area contributed by atoms with Crippen molar-refractivity contribution in [3.63, 3.8) is 0 Å². The minimum Gasteiger partial charge on any atom is -0.481 e. The molecular formula is C15H18F2N2O3. The molecule has 1 saturated heterocycles. The van der Waals surface area contributed by atoms with Gasteiger partial charge in [-0.25, -0.2) is 13.6 Å². The van der Waals surface area contributed by atoms with Crippen LogP contribution in [0.1, 0.15) is 31.4 Å². The maximum atomic E-state index is 13.7. The number of halogens is 2. The van der Waals surface area contributed by atoms with E-state index in [4.69, 9.17) is 5.11 Å². The normalized spacial score (nSPS) is 19.6. The molecular weight excluding hydrogens is 294 g/mol. The van der Waals surface area contributed by atoms with E-state index in [9.17, 15) is 18.4 Å². The van der Waals surface area contributed by atoms with Gasteiger partial charge in [0.1, 0.15) is 11.6 Å². The smallest absolute Gasteiger partial charge is 0.317 e. The van der Waals surface area contributed by atoms with Crippen LogP contribution in [-0.4, -0.2) is 35.1 Å². The molecule has 1 aliphatic heterocycles. The summed E-state index contributed by atoms with van der Waals surface area (Å²) in [6, 6.07) is 2.09. The number of nitrogens with one attached hydrogen (secondary N) is 1. The van der Waals surface area contributed by atoms with E-state index in [0.717, 1.165) is 12.1 Å². The van der Waals surface area contributed by atoms with Gasteiger partial charge in [0.25, 0.3) is 0 Å². The second-order valence-corrected chi connectivity index (χ2v) is 5.46. The number of amides is 2. The van der Waals surface area contributed by atoms with Gasteiger partial charge >= 0.3 is 12.0 Å². The van der Waals surface area contributed by atoms with E-state index < -0.39 is 35.6 Å². The van der Waals surface area contributed by atoms with Crippen molar-refractivity contribution in [2.75, 3.05) is 13.1 Å². The molecule has 0 bridgehead atoms. The van der Waals surface area contributed by atoms with Gasteiger partial charge in [0.2, 0.25) is 0 Å². The van der Waals surface area contributed by atoms with Crippen LogP contribution in [0.5, 0.6) is 0 Å². The Morgan fingerprint density at radius 2 is 2.14 bits per heavy atom. The van der Waals surface area contributed by atoms with Crippen LogP contribution in [0, 0.1) is 17.6 Å². The highest BCUT2D eigenvalue weighted by atomic mass is 19.1. The van der Waals surface area contributed by atoms with Gasteiger partial charge in [-0.15, -0.1) is 0 Å². The molecule has 1 aromatic rings. The summed E-state index contributed by atoms with van der Waals surface area (Å²) in [4.78, 5) is 24.6. The van der Waals surface area contributed by atoms with E-state index in [1.807, 2.05) is 0 Å². The van der Waals surface area contributed by atoms with E-state index in [-0.39, 0.29) is 12.1 Å². The highest BCUT2D eigenvalue weighted by Gasteiger charge is 2.28. The van der Waals surface area contributed by atoms with E-state index in [1.54, 1.807) is 6.92 Å². The van der Waals surface area contributed by atoms with Gasteiger partial charge in [0, 0.05) is 24.7 Å². The van der Waals surface area contributed by atoms with Crippen LogP contribution in [0.4, 0.5) is 13.6 Å². The molecule has 1 aromatic carbocycles. The van der Waals surface area contributed by atoms with E-state index in [0.29, 0.717) is 19.4 Å². The van der Waals surface area contributed by atoms with Gasteiger partial charge in [-0.1, -0.05) is 6.07 Å². The zero-order valence-electron chi connectivity index (χ0n) is 12.2.